The van der Waals surface area contributed by atoms with E-state index in [9.17, 15) is 4.79 Å². The van der Waals surface area contributed by atoms with Gasteiger partial charge in [-0.15, -0.1) is 0 Å². The third-order valence-corrected chi connectivity index (χ3v) is 5.48. The van der Waals surface area contributed by atoms with Gasteiger partial charge < -0.3 is 5.32 Å². The average molecular weight is 357 g/mol. The van der Waals surface area contributed by atoms with Gasteiger partial charge in [-0.25, -0.2) is 0 Å². The van der Waals surface area contributed by atoms with E-state index in [1.807, 2.05) is 6.92 Å². The molecule has 0 radical (unpaired) electrons. The number of halogens is 2. The van der Waals surface area contributed by atoms with Crippen LogP contribution in [0.1, 0.15) is 41.0 Å². The van der Waals surface area contributed by atoms with E-state index < -0.39 is 0 Å². The van der Waals surface area contributed by atoms with Crippen molar-refractivity contribution in [2.45, 2.75) is 46.6 Å². The van der Waals surface area contributed by atoms with Crippen molar-refractivity contribution in [2.75, 3.05) is 10.7 Å². The van der Waals surface area contributed by atoms with Gasteiger partial charge in [-0.2, -0.15) is 0 Å². The Morgan fingerprint density at radius 1 is 1.19 bits per heavy atom. The molecule has 96 valence electrons. The van der Waals surface area contributed by atoms with E-state index in [0.29, 0.717) is 12.3 Å². The van der Waals surface area contributed by atoms with E-state index in [1.165, 1.54) is 0 Å². The van der Waals surface area contributed by atoms with Gasteiger partial charge in [-0.05, 0) is 18.3 Å². The van der Waals surface area contributed by atoms with Gasteiger partial charge in [0.25, 0.3) is 0 Å². The van der Waals surface area contributed by atoms with Crippen LogP contribution >= 0.6 is 31.9 Å². The lowest BCUT2D eigenvalue weighted by Crippen LogP contribution is -2.49. The summed E-state index contributed by atoms with van der Waals surface area (Å²) in [7, 11) is 0. The van der Waals surface area contributed by atoms with Crippen LogP contribution < -0.4 is 5.32 Å². The molecular formula is C12H23Br2NO. The maximum absolute atomic E-state index is 11.9. The highest BCUT2D eigenvalue weighted by molar-refractivity contribution is 9.09. The average Bonchev–Trinajstić information content (AvgIpc) is 2.15. The molecule has 0 spiro atoms. The first-order chi connectivity index (χ1) is 7.14. The molecule has 2 nitrogen and oxygen atoms in total. The van der Waals surface area contributed by atoms with Gasteiger partial charge in [0.05, 0.1) is 5.54 Å². The highest BCUT2D eigenvalue weighted by Gasteiger charge is 2.27. The zero-order chi connectivity index (χ0) is 13.0. The van der Waals surface area contributed by atoms with Gasteiger partial charge in [0.15, 0.2) is 0 Å². The monoisotopic (exact) mass is 355 g/mol. The van der Waals surface area contributed by atoms with Crippen LogP contribution in [0.3, 0.4) is 0 Å². The molecule has 0 saturated heterocycles. The van der Waals surface area contributed by atoms with E-state index in [0.717, 1.165) is 10.7 Å². The first-order valence-electron chi connectivity index (χ1n) is 5.57. The quantitative estimate of drug-likeness (QED) is 0.747. The topological polar surface area (TPSA) is 29.1 Å². The van der Waals surface area contributed by atoms with Gasteiger partial charge in [-0.1, -0.05) is 59.6 Å². The van der Waals surface area contributed by atoms with Crippen LogP contribution in [0.15, 0.2) is 0 Å². The summed E-state index contributed by atoms with van der Waals surface area (Å²) in [5, 5.41) is 4.56. The summed E-state index contributed by atoms with van der Waals surface area (Å²) in [5.74, 6) is 0.506. The van der Waals surface area contributed by atoms with Crippen LogP contribution in [0.25, 0.3) is 0 Å². The van der Waals surface area contributed by atoms with Crippen molar-refractivity contribution in [1.29, 1.82) is 0 Å². The molecule has 0 aliphatic rings. The van der Waals surface area contributed by atoms with Gasteiger partial charge in [0.1, 0.15) is 0 Å². The predicted molar refractivity (Wildman–Crippen MR) is 77.4 cm³/mol. The normalized spacial score (nSPS) is 14.7. The minimum Gasteiger partial charge on any atom is -0.349 e. The molecule has 16 heavy (non-hydrogen) atoms. The van der Waals surface area contributed by atoms with Gasteiger partial charge in [-0.3, -0.25) is 4.79 Å². The van der Waals surface area contributed by atoms with E-state index in [1.54, 1.807) is 0 Å². The second-order valence-electron chi connectivity index (χ2n) is 5.85. The number of nitrogens with one attached hydrogen (secondary N) is 1. The summed E-state index contributed by atoms with van der Waals surface area (Å²) < 4.78 is 0. The molecule has 0 aromatic carbocycles. The van der Waals surface area contributed by atoms with Gasteiger partial charge in [0.2, 0.25) is 5.91 Å². The number of hydrogen-bond acceptors (Lipinski definition) is 1. The third-order valence-electron chi connectivity index (χ3n) is 3.00. The molecule has 1 N–H and O–H groups in total. The maximum Gasteiger partial charge on any atom is 0.220 e. The van der Waals surface area contributed by atoms with E-state index in [2.05, 4.69) is 64.9 Å². The van der Waals surface area contributed by atoms with Crippen LogP contribution in [-0.4, -0.2) is 22.1 Å². The Morgan fingerprint density at radius 3 is 1.94 bits per heavy atom. The van der Waals surface area contributed by atoms with Crippen molar-refractivity contribution in [3.63, 3.8) is 0 Å². The molecular weight excluding hydrogens is 334 g/mol. The summed E-state index contributed by atoms with van der Waals surface area (Å²) in [4.78, 5) is 11.9. The molecule has 4 heteroatoms. The van der Waals surface area contributed by atoms with E-state index in [-0.39, 0.29) is 16.9 Å². The van der Waals surface area contributed by atoms with Crippen LogP contribution in [-0.2, 0) is 4.79 Å². The minimum absolute atomic E-state index is 0.129. The lowest BCUT2D eigenvalue weighted by atomic mass is 9.80. The summed E-state index contributed by atoms with van der Waals surface area (Å²) in [6.07, 6.45) is 0.582. The summed E-state index contributed by atoms with van der Waals surface area (Å²) >= 11 is 6.84. The van der Waals surface area contributed by atoms with Crippen molar-refractivity contribution < 1.29 is 4.79 Å². The number of alkyl halides is 2. The van der Waals surface area contributed by atoms with E-state index >= 15 is 0 Å². The Hall–Kier alpha value is 0.430. The molecule has 0 rings (SSSR count). The van der Waals surface area contributed by atoms with Crippen molar-refractivity contribution >= 4 is 37.8 Å². The zero-order valence-electron chi connectivity index (χ0n) is 10.9. The molecule has 0 saturated carbocycles. The summed E-state index contributed by atoms with van der Waals surface area (Å²) in [5.41, 5.74) is -0.0226. The van der Waals surface area contributed by atoms with Crippen LogP contribution in [0, 0.1) is 11.3 Å². The Kier molecular flexibility index (Phi) is 6.56. The second kappa shape index (κ2) is 6.39. The van der Waals surface area contributed by atoms with Crippen LogP contribution in [0.2, 0.25) is 0 Å². The Morgan fingerprint density at radius 2 is 1.62 bits per heavy atom. The molecule has 0 aromatic rings. The number of rotatable bonds is 5. The van der Waals surface area contributed by atoms with Gasteiger partial charge in [0, 0.05) is 17.1 Å². The lowest BCUT2D eigenvalue weighted by molar-refractivity contribution is -0.124. The van der Waals surface area contributed by atoms with Gasteiger partial charge >= 0.3 is 0 Å². The Bertz CT molecular complexity index is 232. The maximum atomic E-state index is 11.9. The first-order valence-corrected chi connectivity index (χ1v) is 7.82. The fourth-order valence-corrected chi connectivity index (χ4v) is 2.28. The third kappa shape index (κ3) is 5.67. The number of carbonyl (C=O) groups excluding carboxylic acids is 1. The molecule has 1 amide bonds. The fraction of sp³-hybridized carbons (Fsp3) is 0.917. The SMILES string of the molecule is CC(CC(=O)NC(C)(CBr)CBr)C(C)(C)C. The summed E-state index contributed by atoms with van der Waals surface area (Å²) in [6.45, 7) is 10.6. The second-order valence-corrected chi connectivity index (χ2v) is 6.97. The largest absolute Gasteiger partial charge is 0.349 e. The van der Waals surface area contributed by atoms with Crippen molar-refractivity contribution in [2.24, 2.45) is 11.3 Å². The lowest BCUT2D eigenvalue weighted by Gasteiger charge is -2.30. The van der Waals surface area contributed by atoms with Crippen molar-refractivity contribution in [3.8, 4) is 0 Å². The minimum atomic E-state index is -0.200. The fourth-order valence-electron chi connectivity index (χ4n) is 1.07. The number of amides is 1. The van der Waals surface area contributed by atoms with Crippen LogP contribution in [0.5, 0.6) is 0 Å². The van der Waals surface area contributed by atoms with Crippen LogP contribution in [0.4, 0.5) is 0 Å². The van der Waals surface area contributed by atoms with Crippen molar-refractivity contribution in [3.05, 3.63) is 0 Å². The molecule has 0 aromatic heterocycles. The van der Waals surface area contributed by atoms with E-state index in [4.69, 9.17) is 0 Å². The molecule has 0 aliphatic heterocycles. The highest BCUT2D eigenvalue weighted by Crippen LogP contribution is 2.28. The standard InChI is InChI=1S/C12H23Br2NO/c1-9(11(2,3)4)6-10(16)15-12(5,7-13)8-14/h9H,6-8H2,1-5H3,(H,15,16). The highest BCUT2D eigenvalue weighted by atomic mass is 79.9. The smallest absolute Gasteiger partial charge is 0.220 e. The molecule has 1 atom stereocenters. The zero-order valence-corrected chi connectivity index (χ0v) is 14.0. The summed E-state index contributed by atoms with van der Waals surface area (Å²) in [6, 6.07) is 0. The molecule has 0 bridgehead atoms. The Balaban J connectivity index is 4.29. The van der Waals surface area contributed by atoms with Crippen molar-refractivity contribution in [1.82, 2.24) is 5.32 Å². The predicted octanol–water partition coefficient (Wildman–Crippen LogP) is 3.72. The number of hydrogen-bond donors (Lipinski definition) is 1. The molecule has 0 aliphatic carbocycles. The molecule has 1 unspecified atom stereocenters. The first kappa shape index (κ1) is 16.4. The Labute approximate surface area is 116 Å². The molecule has 0 heterocycles. The number of carbonyl (C=O) groups is 1. The molecule has 0 fully saturated rings.